The van der Waals surface area contributed by atoms with Gasteiger partial charge in [-0.15, -0.1) is 0 Å². The maximum absolute atomic E-state index is 12.7. The van der Waals surface area contributed by atoms with E-state index in [2.05, 4.69) is 20.7 Å². The number of nitrogens with two attached hydrogens (primary N) is 1. The van der Waals surface area contributed by atoms with Gasteiger partial charge in [0.1, 0.15) is 6.04 Å². The summed E-state index contributed by atoms with van der Waals surface area (Å²) in [6.07, 6.45) is 0. The lowest BCUT2D eigenvalue weighted by atomic mass is 9.89. The topological polar surface area (TPSA) is 89.3 Å². The van der Waals surface area contributed by atoms with E-state index in [1.165, 1.54) is 12.1 Å². The third-order valence-corrected chi connectivity index (χ3v) is 6.51. The van der Waals surface area contributed by atoms with Crippen molar-refractivity contribution in [3.05, 3.63) is 76.8 Å². The van der Waals surface area contributed by atoms with Crippen LogP contribution in [0.15, 0.2) is 76.1 Å². The van der Waals surface area contributed by atoms with E-state index in [4.69, 9.17) is 5.73 Å². The smallest absolute Gasteiger partial charge is 0.241 e. The molecule has 0 unspecified atom stereocenters. The highest BCUT2D eigenvalue weighted by Gasteiger charge is 2.30. The van der Waals surface area contributed by atoms with E-state index in [0.717, 1.165) is 20.8 Å². The number of nitrogens with one attached hydrogen (secondary N) is 1. The minimum atomic E-state index is -3.90. The van der Waals surface area contributed by atoms with Gasteiger partial charge in [-0.25, -0.2) is 8.42 Å². The molecular weight excluding hydrogens is 428 g/mol. The van der Waals surface area contributed by atoms with Crippen molar-refractivity contribution in [2.24, 2.45) is 5.73 Å². The van der Waals surface area contributed by atoms with Gasteiger partial charge in [-0.3, -0.25) is 4.79 Å². The molecule has 0 bridgehead atoms. The van der Waals surface area contributed by atoms with E-state index in [1.807, 2.05) is 42.5 Å². The van der Waals surface area contributed by atoms with Gasteiger partial charge in [0.05, 0.1) is 4.90 Å². The molecule has 0 aliphatic heterocycles. The highest BCUT2D eigenvalue weighted by atomic mass is 79.9. The molecule has 27 heavy (non-hydrogen) atoms. The Morgan fingerprint density at radius 2 is 1.63 bits per heavy atom. The molecule has 0 aliphatic rings. The van der Waals surface area contributed by atoms with Crippen molar-refractivity contribution >= 4 is 42.6 Å². The maximum Gasteiger partial charge on any atom is 0.241 e. The van der Waals surface area contributed by atoms with Crippen molar-refractivity contribution in [2.75, 3.05) is 0 Å². The van der Waals surface area contributed by atoms with E-state index in [1.54, 1.807) is 19.1 Å². The number of benzene rings is 3. The standard InChI is InChI=1S/C20H19BrN2O3S/c1-13(17-8-4-6-14-5-2-3-7-18(14)17)19(20(22)24)23-27(25,26)16-11-9-15(21)10-12-16/h2-13,19,23H,1H3,(H2,22,24)/t13-,19+/m1/s1. The fraction of sp³-hybridized carbons (Fsp3) is 0.150. The summed E-state index contributed by atoms with van der Waals surface area (Å²) in [5.41, 5.74) is 6.41. The lowest BCUT2D eigenvalue weighted by molar-refractivity contribution is -0.120. The Morgan fingerprint density at radius 3 is 2.30 bits per heavy atom. The fourth-order valence-electron chi connectivity index (χ4n) is 3.08. The van der Waals surface area contributed by atoms with Gasteiger partial charge in [0.25, 0.3) is 0 Å². The number of primary amides is 1. The van der Waals surface area contributed by atoms with Crippen molar-refractivity contribution < 1.29 is 13.2 Å². The van der Waals surface area contributed by atoms with Crippen LogP contribution in [0.1, 0.15) is 18.4 Å². The zero-order valence-corrected chi connectivity index (χ0v) is 17.0. The second-order valence-electron chi connectivity index (χ2n) is 6.31. The van der Waals surface area contributed by atoms with Gasteiger partial charge in [-0.1, -0.05) is 65.3 Å². The number of halogens is 1. The molecule has 0 aliphatic carbocycles. The van der Waals surface area contributed by atoms with Crippen LogP contribution in [0.5, 0.6) is 0 Å². The third kappa shape index (κ3) is 4.21. The van der Waals surface area contributed by atoms with E-state index in [9.17, 15) is 13.2 Å². The number of amides is 1. The lowest BCUT2D eigenvalue weighted by Crippen LogP contribution is -2.47. The minimum absolute atomic E-state index is 0.0714. The molecule has 0 aromatic heterocycles. The molecule has 0 heterocycles. The lowest BCUT2D eigenvalue weighted by Gasteiger charge is -2.24. The van der Waals surface area contributed by atoms with Gasteiger partial charge in [0, 0.05) is 10.4 Å². The molecule has 2 atom stereocenters. The summed E-state index contributed by atoms with van der Waals surface area (Å²) >= 11 is 3.27. The molecule has 0 saturated heterocycles. The number of hydrogen-bond donors (Lipinski definition) is 2. The molecule has 0 saturated carbocycles. The number of carbonyl (C=O) groups excluding carboxylic acids is 1. The van der Waals surface area contributed by atoms with E-state index in [0.29, 0.717) is 0 Å². The maximum atomic E-state index is 12.7. The van der Waals surface area contributed by atoms with Crippen LogP contribution >= 0.6 is 15.9 Å². The summed E-state index contributed by atoms with van der Waals surface area (Å²) in [7, 11) is -3.90. The van der Waals surface area contributed by atoms with Gasteiger partial charge in [-0.2, -0.15) is 4.72 Å². The van der Waals surface area contributed by atoms with Crippen LogP contribution < -0.4 is 10.5 Å². The van der Waals surface area contributed by atoms with Gasteiger partial charge < -0.3 is 5.73 Å². The fourth-order valence-corrected chi connectivity index (χ4v) is 4.63. The largest absolute Gasteiger partial charge is 0.368 e. The molecule has 3 rings (SSSR count). The van der Waals surface area contributed by atoms with E-state index in [-0.39, 0.29) is 4.90 Å². The summed E-state index contributed by atoms with van der Waals surface area (Å²) in [6.45, 7) is 1.79. The zero-order valence-electron chi connectivity index (χ0n) is 14.6. The summed E-state index contributed by atoms with van der Waals surface area (Å²) < 4.78 is 28.7. The Morgan fingerprint density at radius 1 is 1.00 bits per heavy atom. The summed E-state index contributed by atoms with van der Waals surface area (Å²) in [4.78, 5) is 12.2. The van der Waals surface area contributed by atoms with Crippen LogP contribution in [0, 0.1) is 0 Å². The van der Waals surface area contributed by atoms with Crippen LogP contribution in [0.25, 0.3) is 10.8 Å². The first kappa shape index (κ1) is 19.5. The molecular formula is C20H19BrN2O3S. The van der Waals surface area contributed by atoms with Crippen LogP contribution in [0.2, 0.25) is 0 Å². The monoisotopic (exact) mass is 446 g/mol. The average molecular weight is 447 g/mol. The van der Waals surface area contributed by atoms with Crippen LogP contribution in [0.4, 0.5) is 0 Å². The molecule has 7 heteroatoms. The Hall–Kier alpha value is -2.22. The highest BCUT2D eigenvalue weighted by molar-refractivity contribution is 9.10. The first-order valence-corrected chi connectivity index (χ1v) is 10.6. The predicted molar refractivity (Wildman–Crippen MR) is 110 cm³/mol. The minimum Gasteiger partial charge on any atom is -0.368 e. The number of sulfonamides is 1. The molecule has 0 radical (unpaired) electrons. The Balaban J connectivity index is 1.98. The second kappa shape index (κ2) is 7.80. The molecule has 0 spiro atoms. The molecule has 5 nitrogen and oxygen atoms in total. The van der Waals surface area contributed by atoms with Crippen molar-refractivity contribution in [2.45, 2.75) is 23.8 Å². The van der Waals surface area contributed by atoms with E-state index >= 15 is 0 Å². The summed E-state index contributed by atoms with van der Waals surface area (Å²) in [5, 5.41) is 1.97. The van der Waals surface area contributed by atoms with Crippen molar-refractivity contribution in [3.63, 3.8) is 0 Å². The SMILES string of the molecule is C[C@H](c1cccc2ccccc12)[C@H](NS(=O)(=O)c1ccc(Br)cc1)C(N)=O. The van der Waals surface area contributed by atoms with Crippen LogP contribution in [-0.2, 0) is 14.8 Å². The van der Waals surface area contributed by atoms with Gasteiger partial charge >= 0.3 is 0 Å². The van der Waals surface area contributed by atoms with Crippen LogP contribution in [0.3, 0.4) is 0 Å². The number of hydrogen-bond acceptors (Lipinski definition) is 3. The quantitative estimate of drug-likeness (QED) is 0.606. The third-order valence-electron chi connectivity index (χ3n) is 4.53. The Labute approximate surface area is 166 Å². The number of carbonyl (C=O) groups is 1. The van der Waals surface area contributed by atoms with Gasteiger partial charge in [0.15, 0.2) is 0 Å². The number of fused-ring (bicyclic) bond motifs is 1. The van der Waals surface area contributed by atoms with E-state index < -0.39 is 27.9 Å². The number of rotatable bonds is 6. The summed E-state index contributed by atoms with van der Waals surface area (Å²) in [6, 6.07) is 18.6. The zero-order chi connectivity index (χ0) is 19.6. The Bertz CT molecular complexity index is 1080. The van der Waals surface area contributed by atoms with Gasteiger partial charge in [0.2, 0.25) is 15.9 Å². The molecule has 0 fully saturated rings. The average Bonchev–Trinajstić information content (AvgIpc) is 2.65. The van der Waals surface area contributed by atoms with Crippen molar-refractivity contribution in [1.82, 2.24) is 4.72 Å². The summed E-state index contributed by atoms with van der Waals surface area (Å²) in [5.74, 6) is -1.17. The van der Waals surface area contributed by atoms with Crippen molar-refractivity contribution in [1.29, 1.82) is 0 Å². The highest BCUT2D eigenvalue weighted by Crippen LogP contribution is 2.28. The first-order chi connectivity index (χ1) is 12.8. The first-order valence-electron chi connectivity index (χ1n) is 8.34. The van der Waals surface area contributed by atoms with Crippen molar-refractivity contribution in [3.8, 4) is 0 Å². The Kier molecular flexibility index (Phi) is 5.64. The molecule has 140 valence electrons. The molecule has 3 aromatic rings. The molecule has 3 N–H and O–H groups in total. The normalized spacial score (nSPS) is 14.0. The molecule has 3 aromatic carbocycles. The molecule has 1 amide bonds. The van der Waals surface area contributed by atoms with Gasteiger partial charge in [-0.05, 0) is 40.6 Å². The second-order valence-corrected chi connectivity index (χ2v) is 8.94. The van der Waals surface area contributed by atoms with Crippen LogP contribution in [-0.4, -0.2) is 20.4 Å². The predicted octanol–water partition coefficient (Wildman–Crippen LogP) is 3.54.